The molecule has 1 aliphatic rings. The van der Waals surface area contributed by atoms with Gasteiger partial charge in [0.25, 0.3) is 0 Å². The molecular weight excluding hydrogens is 481 g/mol. The topological polar surface area (TPSA) is 66.8 Å². The van der Waals surface area contributed by atoms with E-state index in [0.717, 1.165) is 19.3 Å². The van der Waals surface area contributed by atoms with E-state index in [9.17, 15) is 4.79 Å². The van der Waals surface area contributed by atoms with Crippen LogP contribution in [0.15, 0.2) is 0 Å². The Labute approximate surface area is 191 Å². The monoisotopic (exact) mass is 506 g/mol. The van der Waals surface area contributed by atoms with Crippen LogP contribution in [0.25, 0.3) is 0 Å². The standard InChI is InChI=1S/C11H22O4.C6H6Cl6/c1-2-3-4-5-6-7-11(14)15-10(8-12)9-13;7-1-2(8)4(10)6(12)5(11)3(1)9/h10,12-13H,2-9H2,1H3;1-6H/t;1-,2-,3-,4+,5+,6+. The summed E-state index contributed by atoms with van der Waals surface area (Å²) in [5.74, 6) is -0.334. The van der Waals surface area contributed by atoms with Crippen molar-refractivity contribution in [1.29, 1.82) is 0 Å². The zero-order chi connectivity index (χ0) is 21.0. The fourth-order valence-corrected chi connectivity index (χ4v) is 4.63. The van der Waals surface area contributed by atoms with Gasteiger partial charge < -0.3 is 14.9 Å². The van der Waals surface area contributed by atoms with Crippen LogP contribution in [0.3, 0.4) is 0 Å². The van der Waals surface area contributed by atoms with Gasteiger partial charge in [-0.2, -0.15) is 0 Å². The van der Waals surface area contributed by atoms with Crippen LogP contribution in [0.5, 0.6) is 0 Å². The number of carbonyl (C=O) groups excluding carboxylic acids is 1. The third-order valence-corrected chi connectivity index (χ3v) is 8.05. The van der Waals surface area contributed by atoms with E-state index in [2.05, 4.69) is 6.92 Å². The average Bonchev–Trinajstić information content (AvgIpc) is 2.67. The molecule has 0 aromatic carbocycles. The molecule has 1 aliphatic carbocycles. The number of aliphatic hydroxyl groups excluding tert-OH is 2. The number of hydrogen-bond acceptors (Lipinski definition) is 4. The fraction of sp³-hybridized carbons (Fsp3) is 0.941. The molecule has 0 atom stereocenters. The van der Waals surface area contributed by atoms with Crippen molar-refractivity contribution in [2.75, 3.05) is 13.2 Å². The largest absolute Gasteiger partial charge is 0.457 e. The molecule has 0 heterocycles. The maximum Gasteiger partial charge on any atom is 0.306 e. The lowest BCUT2D eigenvalue weighted by molar-refractivity contribution is -0.153. The zero-order valence-electron chi connectivity index (χ0n) is 15.2. The van der Waals surface area contributed by atoms with E-state index in [-0.39, 0.29) is 19.2 Å². The summed E-state index contributed by atoms with van der Waals surface area (Å²) >= 11 is 35.3. The molecule has 2 N–H and O–H groups in total. The highest BCUT2D eigenvalue weighted by molar-refractivity contribution is 6.45. The van der Waals surface area contributed by atoms with Gasteiger partial charge in [-0.1, -0.05) is 32.6 Å². The first-order valence-electron chi connectivity index (χ1n) is 8.96. The molecule has 4 nitrogen and oxygen atoms in total. The number of carbonyl (C=O) groups is 1. The second-order valence-corrected chi connectivity index (χ2v) is 9.33. The summed E-state index contributed by atoms with van der Waals surface area (Å²) in [5.41, 5.74) is 0. The SMILES string of the molecule is CCCCCCCC(=O)OC(CO)CO.Cl[C@H]1[C@H](Cl)[C@@H](Cl)[C@@H](Cl)[C@H](Cl)[C@H]1Cl. The lowest BCUT2D eigenvalue weighted by Gasteiger charge is -2.37. The van der Waals surface area contributed by atoms with Crippen LogP contribution in [0.2, 0.25) is 0 Å². The predicted molar refractivity (Wildman–Crippen MR) is 115 cm³/mol. The molecule has 0 bridgehead atoms. The highest BCUT2D eigenvalue weighted by atomic mass is 35.5. The van der Waals surface area contributed by atoms with Gasteiger partial charge in [-0.05, 0) is 6.42 Å². The van der Waals surface area contributed by atoms with E-state index >= 15 is 0 Å². The van der Waals surface area contributed by atoms with Crippen molar-refractivity contribution in [1.82, 2.24) is 0 Å². The Balaban J connectivity index is 0.000000511. The van der Waals surface area contributed by atoms with Crippen LogP contribution >= 0.6 is 69.6 Å². The number of rotatable bonds is 9. The van der Waals surface area contributed by atoms with Gasteiger partial charge in [0.15, 0.2) is 0 Å². The van der Waals surface area contributed by atoms with Crippen LogP contribution in [-0.4, -0.2) is 67.8 Å². The average molecular weight is 509 g/mol. The van der Waals surface area contributed by atoms with Crippen molar-refractivity contribution >= 4 is 75.6 Å². The zero-order valence-corrected chi connectivity index (χ0v) is 19.7. The van der Waals surface area contributed by atoms with Gasteiger partial charge in [0, 0.05) is 6.42 Å². The predicted octanol–water partition coefficient (Wildman–Crippen LogP) is 4.89. The summed E-state index contributed by atoms with van der Waals surface area (Å²) in [7, 11) is 0. The number of esters is 1. The quantitative estimate of drug-likeness (QED) is 0.264. The lowest BCUT2D eigenvalue weighted by Crippen LogP contribution is -2.52. The van der Waals surface area contributed by atoms with Gasteiger partial charge in [-0.15, -0.1) is 69.6 Å². The first-order chi connectivity index (χ1) is 12.7. The van der Waals surface area contributed by atoms with Crippen LogP contribution in [-0.2, 0) is 9.53 Å². The van der Waals surface area contributed by atoms with E-state index in [1.807, 2.05) is 0 Å². The molecule has 0 aliphatic heterocycles. The van der Waals surface area contributed by atoms with Gasteiger partial charge >= 0.3 is 5.97 Å². The Morgan fingerprint density at radius 2 is 1.15 bits per heavy atom. The molecule has 0 aromatic rings. The molecule has 0 spiro atoms. The van der Waals surface area contributed by atoms with Crippen molar-refractivity contribution in [2.45, 2.75) is 83.8 Å². The summed E-state index contributed by atoms with van der Waals surface area (Å²) in [6, 6.07) is 0. The molecule has 162 valence electrons. The van der Waals surface area contributed by atoms with Gasteiger partial charge in [0.1, 0.15) is 6.10 Å². The van der Waals surface area contributed by atoms with E-state index in [4.69, 9.17) is 84.6 Å². The second kappa shape index (κ2) is 15.9. The third kappa shape index (κ3) is 10.6. The minimum absolute atomic E-state index is 0.321. The lowest BCUT2D eigenvalue weighted by atomic mass is 9.97. The van der Waals surface area contributed by atoms with E-state index in [1.165, 1.54) is 12.8 Å². The molecular formula is C17H28Cl6O4. The summed E-state index contributed by atoms with van der Waals surface area (Å²) in [6.07, 6.45) is 5.00. The third-order valence-electron chi connectivity index (χ3n) is 4.02. The Kier molecular flexibility index (Phi) is 16.6. The van der Waals surface area contributed by atoms with Crippen LogP contribution in [0.4, 0.5) is 0 Å². The molecule has 0 saturated heterocycles. The smallest absolute Gasteiger partial charge is 0.306 e. The normalized spacial score (nSPS) is 30.6. The highest BCUT2D eigenvalue weighted by Crippen LogP contribution is 2.39. The van der Waals surface area contributed by atoms with Gasteiger partial charge in [0.05, 0.1) is 45.5 Å². The van der Waals surface area contributed by atoms with E-state index < -0.39 is 38.4 Å². The molecule has 1 fully saturated rings. The number of unbranched alkanes of at least 4 members (excludes halogenated alkanes) is 4. The molecule has 0 radical (unpaired) electrons. The second-order valence-electron chi connectivity index (χ2n) is 6.31. The number of hydrogen-bond donors (Lipinski definition) is 2. The molecule has 1 saturated carbocycles. The molecule has 0 amide bonds. The Morgan fingerprint density at radius 3 is 1.48 bits per heavy atom. The minimum Gasteiger partial charge on any atom is -0.457 e. The summed E-state index contributed by atoms with van der Waals surface area (Å²) in [5, 5.41) is 14.7. The first-order valence-corrected chi connectivity index (χ1v) is 11.6. The maximum atomic E-state index is 11.2. The molecule has 0 aromatic heterocycles. The minimum atomic E-state index is -0.756. The number of aliphatic hydroxyl groups is 2. The van der Waals surface area contributed by atoms with Crippen molar-refractivity contribution in [3.8, 4) is 0 Å². The van der Waals surface area contributed by atoms with Crippen LogP contribution in [0.1, 0.15) is 45.4 Å². The van der Waals surface area contributed by atoms with Crippen molar-refractivity contribution < 1.29 is 19.7 Å². The van der Waals surface area contributed by atoms with Crippen molar-refractivity contribution in [2.24, 2.45) is 0 Å². The molecule has 10 heteroatoms. The number of halogens is 6. The number of alkyl halides is 6. The maximum absolute atomic E-state index is 11.2. The Morgan fingerprint density at radius 1 is 0.778 bits per heavy atom. The summed E-state index contributed by atoms with van der Waals surface area (Å²) in [4.78, 5) is 11.2. The van der Waals surface area contributed by atoms with Crippen LogP contribution < -0.4 is 0 Å². The van der Waals surface area contributed by atoms with Gasteiger partial charge in [0.2, 0.25) is 0 Å². The molecule has 0 unspecified atom stereocenters. The van der Waals surface area contributed by atoms with E-state index in [1.54, 1.807) is 0 Å². The highest BCUT2D eigenvalue weighted by Gasteiger charge is 2.46. The van der Waals surface area contributed by atoms with E-state index in [0.29, 0.717) is 6.42 Å². The van der Waals surface area contributed by atoms with Gasteiger partial charge in [-0.25, -0.2) is 0 Å². The van der Waals surface area contributed by atoms with Crippen molar-refractivity contribution in [3.63, 3.8) is 0 Å². The fourth-order valence-electron chi connectivity index (χ4n) is 2.30. The van der Waals surface area contributed by atoms with Gasteiger partial charge in [-0.3, -0.25) is 4.79 Å². The summed E-state index contributed by atoms with van der Waals surface area (Å²) in [6.45, 7) is 1.50. The molecule has 27 heavy (non-hydrogen) atoms. The number of ether oxygens (including phenoxy) is 1. The summed E-state index contributed by atoms with van der Waals surface area (Å²) < 4.78 is 4.82. The molecule has 1 rings (SSSR count). The first kappa shape index (κ1) is 28.1. The van der Waals surface area contributed by atoms with Crippen molar-refractivity contribution in [3.05, 3.63) is 0 Å². The Hall–Kier alpha value is 1.13. The van der Waals surface area contributed by atoms with Crippen LogP contribution in [0, 0.1) is 0 Å². The Bertz CT molecular complexity index is 341.